The first kappa shape index (κ1) is 107. The number of benzene rings is 3. The molecule has 0 unspecified atom stereocenters. The summed E-state index contributed by atoms with van der Waals surface area (Å²) in [5, 5.41) is 27.3. The second-order valence-corrected chi connectivity index (χ2v) is 29.7. The molecule has 672 valence electrons. The Labute approximate surface area is 790 Å². The van der Waals surface area contributed by atoms with E-state index in [1.54, 1.807) is 139 Å². The largest absolute Gasteiger partial charge is 0.469 e. The minimum absolute atomic E-state index is 0.0213. The second kappa shape index (κ2) is 56.1. The predicted octanol–water partition coefficient (Wildman–Crippen LogP) is 22.7. The fourth-order valence-electron chi connectivity index (χ4n) is 10.7. The van der Waals surface area contributed by atoms with E-state index in [-0.39, 0.29) is 51.7 Å². The lowest BCUT2D eigenvalue weighted by Crippen LogP contribution is -2.21. The van der Waals surface area contributed by atoms with Gasteiger partial charge in [-0.2, -0.15) is 0 Å². The fourth-order valence-corrected chi connectivity index (χ4v) is 13.5. The number of rotatable bonds is 20. The van der Waals surface area contributed by atoms with Crippen molar-refractivity contribution in [2.24, 2.45) is 5.73 Å². The summed E-state index contributed by atoms with van der Waals surface area (Å²) in [4.78, 5) is 101. The molecule has 0 saturated carbocycles. The molecular weight excluding hydrogens is 1890 g/mol. The van der Waals surface area contributed by atoms with Crippen molar-refractivity contribution in [2.45, 2.75) is 81.5 Å². The normalized spacial score (nSPS) is 10.1. The van der Waals surface area contributed by atoms with Gasteiger partial charge in [0.25, 0.3) is 11.1 Å². The van der Waals surface area contributed by atoms with Crippen LogP contribution in [-0.4, -0.2) is 125 Å². The number of carbonyl (C=O) groups is 4. The second-order valence-electron chi connectivity index (χ2n) is 25.0. The molecule has 3 aromatic carbocycles. The fraction of sp³-hybridized carbons (Fsp3) is 0.218. The van der Waals surface area contributed by atoms with Gasteiger partial charge in [-0.3, -0.25) is 19.2 Å². The quantitative estimate of drug-likeness (QED) is 0.0161. The number of nitrogens with two attached hydrogens (primary N) is 2. The van der Waals surface area contributed by atoms with Gasteiger partial charge in [0.05, 0.1) is 110 Å². The average molecular weight is 1980 g/mol. The first-order valence-corrected chi connectivity index (χ1v) is 42.7. The van der Waals surface area contributed by atoms with Crippen molar-refractivity contribution in [3.8, 4) is 22.3 Å². The Kier molecular flexibility index (Phi) is 47.3. The van der Waals surface area contributed by atoms with Gasteiger partial charge in [-0.1, -0.05) is 164 Å². The highest BCUT2D eigenvalue weighted by Gasteiger charge is 2.21. The number of pyridine rings is 10. The van der Waals surface area contributed by atoms with Crippen LogP contribution in [0.15, 0.2) is 187 Å². The summed E-state index contributed by atoms with van der Waals surface area (Å²) in [5.41, 5.74) is 17.7. The van der Waals surface area contributed by atoms with Crippen LogP contribution in [0.2, 0.25) is 60.9 Å². The Hall–Kier alpha value is -10.4. The van der Waals surface area contributed by atoms with Crippen LogP contribution in [0, 0.1) is 11.6 Å². The minimum Gasteiger partial charge on any atom is -0.469 e. The number of aliphatic hydroxyl groups is 1. The Morgan fingerprint density at radius 3 is 1.32 bits per heavy atom. The van der Waals surface area contributed by atoms with Crippen LogP contribution in [0.1, 0.15) is 97.6 Å². The summed E-state index contributed by atoms with van der Waals surface area (Å²) < 4.78 is 42.4. The number of aliphatic hydroxyl groups excluding tert-OH is 1. The number of nitrogens with zero attached hydrogens (tertiary/aromatic N) is 10. The first-order valence-electron chi connectivity index (χ1n) is 38.2. The zero-order valence-corrected chi connectivity index (χ0v) is 78.5. The Morgan fingerprint density at radius 1 is 0.465 bits per heavy atom. The first-order chi connectivity index (χ1) is 60.7. The molecule has 10 heterocycles. The Balaban J connectivity index is 0.000000264. The topological polar surface area (TPSA) is 363 Å². The molecule has 0 amide bonds. The van der Waals surface area contributed by atoms with Crippen molar-refractivity contribution in [1.29, 1.82) is 0 Å². The highest BCUT2D eigenvalue weighted by atomic mass is 35.5. The van der Waals surface area contributed by atoms with Crippen LogP contribution in [-0.2, 0) is 45.1 Å². The third kappa shape index (κ3) is 33.6. The van der Waals surface area contributed by atoms with Crippen molar-refractivity contribution in [1.82, 2.24) is 49.0 Å². The number of fused-ring (bicyclic) bond motifs is 2. The summed E-state index contributed by atoms with van der Waals surface area (Å²) in [6.45, 7) is 19.6. The Bertz CT molecular complexity index is 5880. The number of ether oxygens (including phenoxy) is 3. The van der Waals surface area contributed by atoms with Crippen LogP contribution in [0.25, 0.3) is 44.1 Å². The standard InChI is InChI=1S/C21H15Cl2FN4O.C16H11Cl3N2O.C10H13ClN2O2.C9H8Cl2O2.C8H7Cl2NO2.C8H11ClN2O.C8H9ClN2O.C5H5FN2.C2H7N/c1-2-28-17-9-19(27-18-7-6-13(24)11-26-18)25-10-12(17)8-14(21(28)29)20-15(22)4-3-5-16(20)23;1-2-21-13-7-14(19)20-8-9(13)6-10(16(21)22)15-11(17)4-3-5-12(15)18;1-3-12-8-5-9(11)13-6-7(8)10(14)15-4-2;1-13-9(12)5-6-7(10)3-2-4-8(6)11;1-2-13-8(12)5-4-11-7(10)3-6(5)9;2*1-2-10-7-3-8(9)11-4-6(7)5-12;6-4-1-2-5(7)8-3-4;1-2-3/h3-11H,2H2,1H3,(H,25,26,27);3-8H,2H2,1H3;5-6H,3-4H2,1-2H3,(H,12,13);2-4H,5H2,1H3;3-4H,2H2,1H3;3-4,12H,2,5H2,1H3,(H,10,11);3-5H,2H2,1H3,(H,10,11);1-3H,(H2,7,8);2-3H2,1H3. The number of methoxy groups -OCH3 is 1. The number of nitrogens with one attached hydrogen (secondary N) is 4. The van der Waals surface area contributed by atoms with Crippen LogP contribution >= 0.6 is 139 Å². The van der Waals surface area contributed by atoms with E-state index in [1.165, 1.54) is 56.0 Å². The van der Waals surface area contributed by atoms with Gasteiger partial charge in [-0.15, -0.1) is 0 Å². The number of anilines is 6. The lowest BCUT2D eigenvalue weighted by molar-refractivity contribution is -0.139. The molecular formula is C87H86Cl12F2N16O10. The van der Waals surface area contributed by atoms with Crippen LogP contribution in [0.5, 0.6) is 0 Å². The molecule has 0 radical (unpaired) electrons. The maximum atomic E-state index is 13.2. The van der Waals surface area contributed by atoms with Crippen LogP contribution < -0.4 is 43.9 Å². The van der Waals surface area contributed by atoms with Gasteiger partial charge in [-0.05, 0) is 158 Å². The van der Waals surface area contributed by atoms with E-state index in [0.29, 0.717) is 151 Å². The zero-order chi connectivity index (χ0) is 94.0. The summed E-state index contributed by atoms with van der Waals surface area (Å²) in [7, 11) is 1.33. The van der Waals surface area contributed by atoms with Crippen molar-refractivity contribution in [3.63, 3.8) is 0 Å². The van der Waals surface area contributed by atoms with Gasteiger partial charge in [0.1, 0.15) is 60.4 Å². The molecule has 0 aliphatic rings. The number of aldehydes is 1. The number of nitrogen functional groups attached to an aromatic ring is 1. The molecule has 13 rings (SSSR count). The van der Waals surface area contributed by atoms with E-state index >= 15 is 0 Å². The van der Waals surface area contributed by atoms with Gasteiger partial charge >= 0.3 is 17.9 Å². The van der Waals surface area contributed by atoms with E-state index in [9.17, 15) is 37.5 Å². The number of aryl methyl sites for hydroxylation is 2. The summed E-state index contributed by atoms with van der Waals surface area (Å²) in [6, 6.07) is 34.2. The van der Waals surface area contributed by atoms with E-state index in [1.807, 2.05) is 41.5 Å². The average Bonchev–Trinajstić information content (AvgIpc) is 0.766. The monoisotopic (exact) mass is 1970 g/mol. The molecule has 0 aliphatic carbocycles. The molecule has 0 aliphatic heterocycles. The molecule has 26 nitrogen and oxygen atoms in total. The maximum absolute atomic E-state index is 13.2. The molecule has 127 heavy (non-hydrogen) atoms. The van der Waals surface area contributed by atoms with Gasteiger partial charge in [0.15, 0.2) is 6.29 Å². The van der Waals surface area contributed by atoms with E-state index in [4.69, 9.17) is 165 Å². The summed E-state index contributed by atoms with van der Waals surface area (Å²) >= 11 is 71.1. The van der Waals surface area contributed by atoms with Gasteiger partial charge in [0, 0.05) is 130 Å². The van der Waals surface area contributed by atoms with Gasteiger partial charge in [-0.25, -0.2) is 58.2 Å². The molecule has 40 heteroatoms. The van der Waals surface area contributed by atoms with Crippen molar-refractivity contribution < 1.29 is 47.3 Å². The van der Waals surface area contributed by atoms with Crippen LogP contribution in [0.3, 0.4) is 0 Å². The van der Waals surface area contributed by atoms with Crippen molar-refractivity contribution in [2.75, 3.05) is 73.5 Å². The SMILES string of the molecule is CCN.CCNc1cc(Cl)ncc1C(=O)OCC.CCNc1cc(Cl)ncc1C=O.CCNc1cc(Cl)ncc1CO.CCOC(=O)c1cnc(Cl)cc1Cl.CCn1c(=O)c(-c2c(Cl)cccc2Cl)cc2cnc(Cl)cc21.CCn1c(=O)c(-c2c(Cl)cccc2Cl)cc2cnc(Nc3ccc(F)cn3)cc21.COC(=O)Cc1c(Cl)cccc1Cl.Nc1ccc(F)cn1. The summed E-state index contributed by atoms with van der Waals surface area (Å²) in [5.74, 6) is -0.743. The highest BCUT2D eigenvalue weighted by molar-refractivity contribution is 6.40. The molecule has 9 N–H and O–H groups in total. The Morgan fingerprint density at radius 2 is 0.874 bits per heavy atom. The number of esters is 3. The number of aromatic nitrogens is 10. The van der Waals surface area contributed by atoms with Gasteiger partial charge in [0.2, 0.25) is 0 Å². The number of hydrogen-bond acceptors (Lipinski definition) is 24. The number of hydrogen-bond donors (Lipinski definition) is 7. The molecule has 13 aromatic rings. The summed E-state index contributed by atoms with van der Waals surface area (Å²) in [6.07, 6.45) is 12.1. The van der Waals surface area contributed by atoms with E-state index < -0.39 is 17.8 Å². The highest BCUT2D eigenvalue weighted by Crippen LogP contribution is 2.37. The lowest BCUT2D eigenvalue weighted by Gasteiger charge is -2.14. The van der Waals surface area contributed by atoms with Gasteiger partial charge < -0.3 is 61.2 Å². The molecule has 10 aromatic heterocycles. The van der Waals surface area contributed by atoms with Crippen molar-refractivity contribution in [3.05, 3.63) is 298 Å². The van der Waals surface area contributed by atoms with Crippen LogP contribution in [0.4, 0.5) is 43.3 Å². The molecule has 0 bridgehead atoms. The maximum Gasteiger partial charge on any atom is 0.341 e. The number of carbonyl (C=O) groups excluding carboxylic acids is 4. The number of halogens is 14. The van der Waals surface area contributed by atoms with E-state index in [0.717, 1.165) is 71.5 Å². The third-order valence-corrected chi connectivity index (χ3v) is 19.6. The third-order valence-electron chi connectivity index (χ3n) is 16.3. The molecule has 0 spiro atoms. The predicted molar refractivity (Wildman–Crippen MR) is 510 cm³/mol. The van der Waals surface area contributed by atoms with E-state index in [2.05, 4.69) is 65.9 Å². The molecule has 0 atom stereocenters. The minimum atomic E-state index is -0.489. The zero-order valence-electron chi connectivity index (χ0n) is 69.4. The van der Waals surface area contributed by atoms with Crippen molar-refractivity contribution >= 4 is 220 Å². The lowest BCUT2D eigenvalue weighted by atomic mass is 10.0. The smallest absolute Gasteiger partial charge is 0.341 e. The molecule has 0 fully saturated rings. The molecule has 0 saturated heterocycles.